The number of nitrogens with two attached hydrogens (primary N) is 1. The quantitative estimate of drug-likeness (QED) is 0.638. The smallest absolute Gasteiger partial charge is 0.325 e. The van der Waals surface area contributed by atoms with Crippen molar-refractivity contribution in [3.05, 3.63) is 0 Å². The predicted molar refractivity (Wildman–Crippen MR) is 54.4 cm³/mol. The van der Waals surface area contributed by atoms with E-state index >= 15 is 0 Å². The first-order chi connectivity index (χ1) is 7.06. The van der Waals surface area contributed by atoms with E-state index < -0.39 is 5.54 Å². The first-order valence-corrected chi connectivity index (χ1v) is 5.21. The highest BCUT2D eigenvalue weighted by Crippen LogP contribution is 2.11. The van der Waals surface area contributed by atoms with Gasteiger partial charge in [-0.1, -0.05) is 0 Å². The Morgan fingerprint density at radius 1 is 1.60 bits per heavy atom. The molecule has 1 rings (SSSR count). The molecule has 0 amide bonds. The molecule has 0 aromatic rings. The Morgan fingerprint density at radius 3 is 2.73 bits per heavy atom. The summed E-state index contributed by atoms with van der Waals surface area (Å²) in [6, 6.07) is 0. The van der Waals surface area contributed by atoms with Gasteiger partial charge in [0.15, 0.2) is 0 Å². The van der Waals surface area contributed by atoms with Crippen LogP contribution in [0.2, 0.25) is 0 Å². The van der Waals surface area contributed by atoms with Crippen molar-refractivity contribution in [2.45, 2.75) is 31.9 Å². The van der Waals surface area contributed by atoms with Gasteiger partial charge < -0.3 is 19.9 Å². The molecule has 0 aromatic carbocycles. The molecule has 1 unspecified atom stereocenters. The number of carbonyl (C=O) groups excluding carboxylic acids is 1. The molecule has 5 heteroatoms. The summed E-state index contributed by atoms with van der Waals surface area (Å²) in [7, 11) is 0. The predicted octanol–water partition coefficient (Wildman–Crippen LogP) is 0.0724. The van der Waals surface area contributed by atoms with Crippen molar-refractivity contribution in [1.82, 2.24) is 0 Å². The molecule has 1 heterocycles. The van der Waals surface area contributed by atoms with Crippen molar-refractivity contribution in [1.29, 1.82) is 0 Å². The van der Waals surface area contributed by atoms with Crippen LogP contribution in [0.5, 0.6) is 0 Å². The van der Waals surface area contributed by atoms with E-state index in [9.17, 15) is 4.79 Å². The molecule has 5 nitrogen and oxygen atoms in total. The molecule has 1 aliphatic heterocycles. The van der Waals surface area contributed by atoms with Crippen LogP contribution in [0.25, 0.3) is 0 Å². The Hall–Kier alpha value is -0.650. The minimum absolute atomic E-state index is 0.169. The Morgan fingerprint density at radius 2 is 2.27 bits per heavy atom. The van der Waals surface area contributed by atoms with Crippen LogP contribution in [0.1, 0.15) is 20.3 Å². The molecule has 15 heavy (non-hydrogen) atoms. The Bertz CT molecular complexity index is 213. The molecule has 1 aliphatic rings. The number of hydrogen-bond donors (Lipinski definition) is 1. The van der Waals surface area contributed by atoms with Crippen LogP contribution in [0.4, 0.5) is 0 Å². The third-order valence-corrected chi connectivity index (χ3v) is 2.32. The van der Waals surface area contributed by atoms with Crippen LogP contribution in [-0.4, -0.2) is 44.0 Å². The zero-order chi connectivity index (χ0) is 11.3. The van der Waals surface area contributed by atoms with Crippen molar-refractivity contribution in [3.8, 4) is 0 Å². The van der Waals surface area contributed by atoms with E-state index in [4.69, 9.17) is 19.9 Å². The largest absolute Gasteiger partial charge is 0.465 e. The lowest BCUT2D eigenvalue weighted by Gasteiger charge is -2.28. The highest BCUT2D eigenvalue weighted by atomic mass is 16.6. The molecule has 0 bridgehead atoms. The molecule has 0 radical (unpaired) electrons. The van der Waals surface area contributed by atoms with E-state index in [1.54, 1.807) is 13.8 Å². The molecule has 0 aromatic heterocycles. The summed E-state index contributed by atoms with van der Waals surface area (Å²) in [6.45, 7) is 5.51. The Kier molecular flexibility index (Phi) is 4.50. The number of rotatable bonds is 6. The molecule has 1 atom stereocenters. The molecule has 0 aliphatic carbocycles. The van der Waals surface area contributed by atoms with Crippen molar-refractivity contribution in [3.63, 3.8) is 0 Å². The van der Waals surface area contributed by atoms with Crippen LogP contribution < -0.4 is 5.73 Å². The van der Waals surface area contributed by atoms with Crippen molar-refractivity contribution < 1.29 is 19.0 Å². The monoisotopic (exact) mass is 217 g/mol. The van der Waals surface area contributed by atoms with Crippen molar-refractivity contribution in [2.75, 3.05) is 26.4 Å². The second kappa shape index (κ2) is 5.44. The molecule has 2 N–H and O–H groups in total. The van der Waals surface area contributed by atoms with Gasteiger partial charge in [-0.25, -0.2) is 0 Å². The highest BCUT2D eigenvalue weighted by Gasteiger charge is 2.30. The fraction of sp³-hybridized carbons (Fsp3) is 0.900. The van der Waals surface area contributed by atoms with Crippen LogP contribution in [0, 0.1) is 0 Å². The summed E-state index contributed by atoms with van der Waals surface area (Å²) < 4.78 is 15.2. The van der Waals surface area contributed by atoms with E-state index in [2.05, 4.69) is 0 Å². The molecular weight excluding hydrogens is 198 g/mol. The summed E-state index contributed by atoms with van der Waals surface area (Å²) in [5.74, 6) is -0.376. The normalized spacial score (nSPS) is 20.5. The number of esters is 1. The van der Waals surface area contributed by atoms with Crippen LogP contribution in [-0.2, 0) is 19.0 Å². The van der Waals surface area contributed by atoms with Gasteiger partial charge in [0.2, 0.25) is 0 Å². The third-order valence-electron chi connectivity index (χ3n) is 2.32. The molecule has 1 saturated heterocycles. The van der Waals surface area contributed by atoms with E-state index in [-0.39, 0.29) is 12.1 Å². The maximum absolute atomic E-state index is 11.4. The number of carbonyl (C=O) groups is 1. The molecule has 0 saturated carbocycles. The summed E-state index contributed by atoms with van der Waals surface area (Å²) in [4.78, 5) is 11.4. The topological polar surface area (TPSA) is 70.8 Å². The van der Waals surface area contributed by atoms with Gasteiger partial charge in [-0.2, -0.15) is 0 Å². The Balaban J connectivity index is 2.18. The second-order valence-corrected chi connectivity index (χ2v) is 3.92. The summed E-state index contributed by atoms with van der Waals surface area (Å²) in [5, 5.41) is 0. The van der Waals surface area contributed by atoms with E-state index in [0.29, 0.717) is 32.8 Å². The van der Waals surface area contributed by atoms with E-state index in [1.165, 1.54) is 0 Å². The van der Waals surface area contributed by atoms with Gasteiger partial charge in [-0.15, -0.1) is 0 Å². The standard InChI is InChI=1S/C10H19NO4/c1-3-14-9(12)10(2,11)4-5-15-8-6-13-7-8/h8H,3-7,11H2,1-2H3. The lowest BCUT2D eigenvalue weighted by molar-refractivity contribution is -0.152. The lowest BCUT2D eigenvalue weighted by Crippen LogP contribution is -2.47. The molecule has 1 fully saturated rings. The highest BCUT2D eigenvalue weighted by molar-refractivity contribution is 5.79. The second-order valence-electron chi connectivity index (χ2n) is 3.92. The van der Waals surface area contributed by atoms with Gasteiger partial charge in [0.05, 0.1) is 19.8 Å². The maximum Gasteiger partial charge on any atom is 0.325 e. The minimum atomic E-state index is -0.958. The average Bonchev–Trinajstić information content (AvgIpc) is 2.10. The van der Waals surface area contributed by atoms with Gasteiger partial charge in [0.25, 0.3) is 0 Å². The van der Waals surface area contributed by atoms with E-state index in [1.807, 2.05) is 0 Å². The first kappa shape index (κ1) is 12.4. The Labute approximate surface area is 89.9 Å². The van der Waals surface area contributed by atoms with Crippen LogP contribution in [0.3, 0.4) is 0 Å². The maximum atomic E-state index is 11.4. The number of hydrogen-bond acceptors (Lipinski definition) is 5. The van der Waals surface area contributed by atoms with Gasteiger partial charge >= 0.3 is 5.97 Å². The first-order valence-electron chi connectivity index (χ1n) is 5.21. The third kappa shape index (κ3) is 3.77. The fourth-order valence-corrected chi connectivity index (χ4v) is 1.15. The van der Waals surface area contributed by atoms with Crippen molar-refractivity contribution >= 4 is 5.97 Å². The summed E-state index contributed by atoms with van der Waals surface area (Å²) >= 11 is 0. The molecular formula is C10H19NO4. The minimum Gasteiger partial charge on any atom is -0.465 e. The van der Waals surface area contributed by atoms with Gasteiger partial charge in [0, 0.05) is 6.61 Å². The van der Waals surface area contributed by atoms with Gasteiger partial charge in [-0.05, 0) is 20.3 Å². The molecule has 0 spiro atoms. The number of ether oxygens (including phenoxy) is 3. The SMILES string of the molecule is CCOC(=O)C(C)(N)CCOC1COC1. The lowest BCUT2D eigenvalue weighted by atomic mass is 10.0. The van der Waals surface area contributed by atoms with Gasteiger partial charge in [0.1, 0.15) is 11.6 Å². The molecule has 88 valence electrons. The average molecular weight is 217 g/mol. The fourth-order valence-electron chi connectivity index (χ4n) is 1.15. The van der Waals surface area contributed by atoms with E-state index in [0.717, 1.165) is 0 Å². The van der Waals surface area contributed by atoms with Crippen molar-refractivity contribution in [2.24, 2.45) is 5.73 Å². The summed E-state index contributed by atoms with van der Waals surface area (Å²) in [6.07, 6.45) is 0.630. The van der Waals surface area contributed by atoms with Crippen LogP contribution >= 0.6 is 0 Å². The van der Waals surface area contributed by atoms with Crippen LogP contribution in [0.15, 0.2) is 0 Å². The van der Waals surface area contributed by atoms with Gasteiger partial charge in [-0.3, -0.25) is 4.79 Å². The zero-order valence-corrected chi connectivity index (χ0v) is 9.32. The summed E-state index contributed by atoms with van der Waals surface area (Å²) in [5.41, 5.74) is 4.85. The zero-order valence-electron chi connectivity index (χ0n) is 9.32.